The molecule has 0 unspecified atom stereocenters. The Balaban J connectivity index is 1.59. The molecule has 6 rings (SSSR count). The number of pyridine rings is 1. The van der Waals surface area contributed by atoms with Gasteiger partial charge in [-0.2, -0.15) is 0 Å². The van der Waals surface area contributed by atoms with E-state index >= 15 is 0 Å². The first-order chi connectivity index (χ1) is 16.0. The summed E-state index contributed by atoms with van der Waals surface area (Å²) in [6.07, 6.45) is 0. The molecule has 160 valence electrons. The third kappa shape index (κ3) is 3.30. The molecule has 0 saturated heterocycles. The Morgan fingerprint density at radius 3 is 2.06 bits per heavy atom. The molecule has 0 N–H and O–H groups in total. The summed E-state index contributed by atoms with van der Waals surface area (Å²) in [6.45, 7) is 6.82. The predicted octanol–water partition coefficient (Wildman–Crippen LogP) is 8.27. The van der Waals surface area contributed by atoms with Gasteiger partial charge in [0, 0.05) is 16.5 Å². The Hall–Kier alpha value is -3.91. The van der Waals surface area contributed by atoms with Crippen LogP contribution in [0.4, 0.5) is 0 Å². The summed E-state index contributed by atoms with van der Waals surface area (Å²) >= 11 is 0. The molecule has 0 amide bonds. The highest BCUT2D eigenvalue weighted by molar-refractivity contribution is 6.00. The van der Waals surface area contributed by atoms with Crippen LogP contribution in [0.2, 0.25) is 0 Å². The van der Waals surface area contributed by atoms with Gasteiger partial charge in [-0.15, -0.1) is 0 Å². The number of benzene rings is 4. The third-order valence-corrected chi connectivity index (χ3v) is 6.46. The van der Waals surface area contributed by atoms with E-state index in [1.165, 1.54) is 44.2 Å². The molecule has 0 saturated carbocycles. The highest BCUT2D eigenvalue weighted by Gasteiger charge is 2.21. The van der Waals surface area contributed by atoms with Gasteiger partial charge in [-0.1, -0.05) is 93.6 Å². The number of fused-ring (bicyclic) bond motifs is 5. The fourth-order valence-electron chi connectivity index (χ4n) is 4.79. The normalized spacial score (nSPS) is 12.1. The molecule has 0 bridgehead atoms. The van der Waals surface area contributed by atoms with Gasteiger partial charge in [0.1, 0.15) is 5.65 Å². The van der Waals surface area contributed by atoms with Crippen LogP contribution in [0.3, 0.4) is 0 Å². The van der Waals surface area contributed by atoms with Crippen molar-refractivity contribution in [1.82, 2.24) is 9.38 Å². The Morgan fingerprint density at radius 1 is 0.606 bits per heavy atom. The van der Waals surface area contributed by atoms with Crippen molar-refractivity contribution in [2.24, 2.45) is 0 Å². The molecule has 0 aliphatic heterocycles. The number of aromatic nitrogens is 2. The van der Waals surface area contributed by atoms with Crippen LogP contribution in [0.1, 0.15) is 26.5 Å². The van der Waals surface area contributed by atoms with Gasteiger partial charge in [-0.05, 0) is 58.0 Å². The van der Waals surface area contributed by atoms with Crippen LogP contribution in [0, 0.1) is 0 Å². The highest BCUT2D eigenvalue weighted by Crippen LogP contribution is 2.35. The summed E-state index contributed by atoms with van der Waals surface area (Å²) in [5.74, 6) is 0. The molecule has 2 nitrogen and oxygen atoms in total. The van der Waals surface area contributed by atoms with Crippen LogP contribution < -0.4 is 0 Å². The number of nitrogens with zero attached hydrogens (tertiary/aromatic N) is 2. The van der Waals surface area contributed by atoms with Crippen LogP contribution in [-0.2, 0) is 5.41 Å². The molecular formula is C31H26N2. The average molecular weight is 427 g/mol. The molecule has 2 aromatic heterocycles. The first kappa shape index (κ1) is 19.8. The largest absolute Gasteiger partial charge is 0.296 e. The molecule has 33 heavy (non-hydrogen) atoms. The fourth-order valence-corrected chi connectivity index (χ4v) is 4.79. The maximum absolute atomic E-state index is 5.04. The van der Waals surface area contributed by atoms with Crippen LogP contribution in [0.5, 0.6) is 0 Å². The summed E-state index contributed by atoms with van der Waals surface area (Å²) < 4.78 is 2.34. The number of hydrogen-bond acceptors (Lipinski definition) is 1. The standard InChI is InChI=1S/C31H26N2/c1-31(2,3)29-20-25-19-24(23-13-9-12-22(18-23)21-10-5-4-6-11-21)16-17-26(25)30-32-27-14-7-8-15-28(27)33(29)30/h4-20H,1-3H3. The SMILES string of the molecule is CC(C)(C)c1cc2cc(-c3cccc(-c4ccccc4)c3)ccc2c2nc3ccccc3n12. The quantitative estimate of drug-likeness (QED) is 0.272. The second-order valence-electron chi connectivity index (χ2n) is 9.79. The second-order valence-corrected chi connectivity index (χ2v) is 9.79. The van der Waals surface area contributed by atoms with E-state index in [-0.39, 0.29) is 5.41 Å². The zero-order chi connectivity index (χ0) is 22.6. The average Bonchev–Trinajstić information content (AvgIpc) is 3.23. The zero-order valence-electron chi connectivity index (χ0n) is 19.2. The van der Waals surface area contributed by atoms with Crippen molar-refractivity contribution in [2.75, 3.05) is 0 Å². The maximum Gasteiger partial charge on any atom is 0.146 e. The number of para-hydroxylation sites is 2. The molecule has 4 aromatic carbocycles. The summed E-state index contributed by atoms with van der Waals surface area (Å²) in [5.41, 5.74) is 9.41. The van der Waals surface area contributed by atoms with Crippen LogP contribution in [-0.4, -0.2) is 9.38 Å². The third-order valence-electron chi connectivity index (χ3n) is 6.46. The molecule has 0 atom stereocenters. The molecule has 0 fully saturated rings. The summed E-state index contributed by atoms with van der Waals surface area (Å²) in [5, 5.41) is 2.41. The van der Waals surface area contributed by atoms with Gasteiger partial charge >= 0.3 is 0 Å². The van der Waals surface area contributed by atoms with E-state index in [9.17, 15) is 0 Å². The molecule has 2 heteroatoms. The van der Waals surface area contributed by atoms with Gasteiger partial charge in [0.05, 0.1) is 11.0 Å². The maximum atomic E-state index is 5.04. The van der Waals surface area contributed by atoms with Crippen LogP contribution in [0.15, 0.2) is 103 Å². The summed E-state index contributed by atoms with van der Waals surface area (Å²) in [6, 6.07) is 36.9. The highest BCUT2D eigenvalue weighted by atomic mass is 15.0. The monoisotopic (exact) mass is 426 g/mol. The topological polar surface area (TPSA) is 17.3 Å². The van der Waals surface area contributed by atoms with Gasteiger partial charge in [0.25, 0.3) is 0 Å². The first-order valence-corrected chi connectivity index (χ1v) is 11.5. The Labute approximate surface area is 194 Å². The van der Waals surface area contributed by atoms with Crippen molar-refractivity contribution in [3.63, 3.8) is 0 Å². The van der Waals surface area contributed by atoms with E-state index in [0.717, 1.165) is 11.2 Å². The molecule has 6 aromatic rings. The van der Waals surface area contributed by atoms with Gasteiger partial charge < -0.3 is 0 Å². The molecule has 0 aliphatic rings. The van der Waals surface area contributed by atoms with Gasteiger partial charge in [0.2, 0.25) is 0 Å². The molecule has 0 spiro atoms. The smallest absolute Gasteiger partial charge is 0.146 e. The van der Waals surface area contributed by atoms with E-state index in [1.54, 1.807) is 0 Å². The van der Waals surface area contributed by atoms with Crippen molar-refractivity contribution in [2.45, 2.75) is 26.2 Å². The van der Waals surface area contributed by atoms with Crippen molar-refractivity contribution >= 4 is 27.5 Å². The van der Waals surface area contributed by atoms with Crippen molar-refractivity contribution in [1.29, 1.82) is 0 Å². The van der Waals surface area contributed by atoms with Crippen LogP contribution in [0.25, 0.3) is 49.7 Å². The molecular weight excluding hydrogens is 400 g/mol. The predicted molar refractivity (Wildman–Crippen MR) is 140 cm³/mol. The molecule has 2 heterocycles. The van der Waals surface area contributed by atoms with E-state index < -0.39 is 0 Å². The van der Waals surface area contributed by atoms with Crippen molar-refractivity contribution in [3.8, 4) is 22.3 Å². The number of rotatable bonds is 2. The first-order valence-electron chi connectivity index (χ1n) is 11.5. The van der Waals surface area contributed by atoms with Gasteiger partial charge in [0.15, 0.2) is 0 Å². The molecule has 0 radical (unpaired) electrons. The minimum Gasteiger partial charge on any atom is -0.296 e. The second kappa shape index (κ2) is 7.31. The Bertz CT molecular complexity index is 1630. The van der Waals surface area contributed by atoms with E-state index in [1.807, 2.05) is 0 Å². The van der Waals surface area contributed by atoms with Crippen molar-refractivity contribution in [3.05, 3.63) is 109 Å². The lowest BCUT2D eigenvalue weighted by Crippen LogP contribution is -2.16. The van der Waals surface area contributed by atoms with Gasteiger partial charge in [-0.3, -0.25) is 4.40 Å². The van der Waals surface area contributed by atoms with Gasteiger partial charge in [-0.25, -0.2) is 4.98 Å². The number of imidazole rings is 1. The van der Waals surface area contributed by atoms with Crippen molar-refractivity contribution < 1.29 is 0 Å². The fraction of sp³-hybridized carbons (Fsp3) is 0.129. The zero-order valence-corrected chi connectivity index (χ0v) is 19.2. The van der Waals surface area contributed by atoms with E-state index in [0.29, 0.717) is 0 Å². The van der Waals surface area contributed by atoms with E-state index in [4.69, 9.17) is 4.98 Å². The summed E-state index contributed by atoms with van der Waals surface area (Å²) in [4.78, 5) is 5.04. The van der Waals surface area contributed by atoms with Crippen LogP contribution >= 0.6 is 0 Å². The number of hydrogen-bond donors (Lipinski definition) is 0. The minimum absolute atomic E-state index is 0.0147. The molecule has 0 aliphatic carbocycles. The summed E-state index contributed by atoms with van der Waals surface area (Å²) in [7, 11) is 0. The Morgan fingerprint density at radius 2 is 1.27 bits per heavy atom. The Kier molecular flexibility index (Phi) is 4.38. The lowest BCUT2D eigenvalue weighted by molar-refractivity contribution is 0.564. The van der Waals surface area contributed by atoms with E-state index in [2.05, 4.69) is 128 Å². The minimum atomic E-state index is -0.0147. The lowest BCUT2D eigenvalue weighted by Gasteiger charge is -2.22. The lowest BCUT2D eigenvalue weighted by atomic mass is 9.89.